The van der Waals surface area contributed by atoms with Crippen LogP contribution < -0.4 is 15.8 Å². The van der Waals surface area contributed by atoms with E-state index >= 15 is 0 Å². The zero-order chi connectivity index (χ0) is 23.6. The van der Waals surface area contributed by atoms with Crippen LogP contribution >= 0.6 is 0 Å². The Labute approximate surface area is 203 Å². The van der Waals surface area contributed by atoms with Gasteiger partial charge < -0.3 is 10.2 Å². The lowest BCUT2D eigenvalue weighted by molar-refractivity contribution is 0.280. The molecular weight excluding hydrogens is 440 g/mol. The molecule has 1 N–H and O–H groups in total. The van der Waals surface area contributed by atoms with Crippen LogP contribution in [-0.2, 0) is 6.54 Å². The summed E-state index contributed by atoms with van der Waals surface area (Å²) in [6.07, 6.45) is 12.1. The first-order valence-electron chi connectivity index (χ1n) is 12.5. The maximum absolute atomic E-state index is 12.4. The molecule has 9 heteroatoms. The molecule has 9 nitrogen and oxygen atoms in total. The van der Waals surface area contributed by atoms with E-state index in [2.05, 4.69) is 42.6 Å². The fourth-order valence-electron chi connectivity index (χ4n) is 4.95. The van der Waals surface area contributed by atoms with Gasteiger partial charge in [-0.2, -0.15) is 0 Å². The van der Waals surface area contributed by atoms with Crippen molar-refractivity contribution in [2.75, 3.05) is 24.5 Å². The fourth-order valence-corrected chi connectivity index (χ4v) is 4.95. The van der Waals surface area contributed by atoms with Gasteiger partial charge in [-0.05, 0) is 62.4 Å². The lowest BCUT2D eigenvalue weighted by Crippen LogP contribution is -2.47. The standard InChI is InChI=1S/C26H30N8O/c35-26-13-23(29-25-8-1-2-12-34(25)26)24-18-33(31-30-24)17-21-9-10-22(15-28-21)32-11-4-7-20(16-32)27-14-19-5-3-6-19/h1-2,8-10,12-13,15,18-20,27H,3-7,11,14,16-17H2/t20-/m1/s1. The lowest BCUT2D eigenvalue weighted by atomic mass is 9.85. The Balaban J connectivity index is 1.10. The summed E-state index contributed by atoms with van der Waals surface area (Å²) in [6.45, 7) is 3.79. The third-order valence-corrected chi connectivity index (χ3v) is 7.21. The van der Waals surface area contributed by atoms with E-state index in [1.165, 1.54) is 54.8 Å². The van der Waals surface area contributed by atoms with Gasteiger partial charge in [-0.3, -0.25) is 14.2 Å². The number of nitrogens with one attached hydrogen (secondary N) is 1. The molecule has 0 amide bonds. The van der Waals surface area contributed by atoms with Gasteiger partial charge in [-0.15, -0.1) is 5.10 Å². The smallest absolute Gasteiger partial charge is 0.258 e. The van der Waals surface area contributed by atoms with Crippen LogP contribution in [0.25, 0.3) is 17.0 Å². The minimum Gasteiger partial charge on any atom is -0.369 e. The van der Waals surface area contributed by atoms with Crippen molar-refractivity contribution in [1.82, 2.24) is 34.7 Å². The molecule has 1 aliphatic carbocycles. The van der Waals surface area contributed by atoms with Gasteiger partial charge in [0.2, 0.25) is 0 Å². The normalized spacial score (nSPS) is 18.6. The molecule has 0 bridgehead atoms. The molecule has 0 radical (unpaired) electrons. The second-order valence-corrected chi connectivity index (χ2v) is 9.71. The molecule has 0 aromatic carbocycles. The van der Waals surface area contributed by atoms with E-state index < -0.39 is 0 Å². The van der Waals surface area contributed by atoms with E-state index in [-0.39, 0.29) is 5.56 Å². The average molecular weight is 471 g/mol. The van der Waals surface area contributed by atoms with Gasteiger partial charge in [0, 0.05) is 31.4 Å². The van der Waals surface area contributed by atoms with Crippen LogP contribution in [0.4, 0.5) is 5.69 Å². The summed E-state index contributed by atoms with van der Waals surface area (Å²) < 4.78 is 3.24. The van der Waals surface area contributed by atoms with Crippen LogP contribution in [0.15, 0.2) is 59.8 Å². The summed E-state index contributed by atoms with van der Waals surface area (Å²) in [7, 11) is 0. The van der Waals surface area contributed by atoms with Crippen LogP contribution in [0.3, 0.4) is 0 Å². The largest absolute Gasteiger partial charge is 0.369 e. The summed E-state index contributed by atoms with van der Waals surface area (Å²) in [5, 5.41) is 12.2. The number of aromatic nitrogens is 6. The van der Waals surface area contributed by atoms with Gasteiger partial charge in [-0.1, -0.05) is 17.7 Å². The summed E-state index contributed by atoms with van der Waals surface area (Å²) in [4.78, 5) is 24.1. The highest BCUT2D eigenvalue weighted by Crippen LogP contribution is 2.26. The van der Waals surface area contributed by atoms with Crippen molar-refractivity contribution in [3.05, 3.63) is 71.0 Å². The van der Waals surface area contributed by atoms with Gasteiger partial charge in [0.05, 0.1) is 30.3 Å². The topological polar surface area (TPSA) is 93.2 Å². The fraction of sp³-hybridized carbons (Fsp3) is 0.423. The molecule has 180 valence electrons. The van der Waals surface area contributed by atoms with Crippen LogP contribution in [-0.4, -0.2) is 55.0 Å². The number of hydrogen-bond acceptors (Lipinski definition) is 7. The van der Waals surface area contributed by atoms with E-state index in [9.17, 15) is 4.79 Å². The van der Waals surface area contributed by atoms with E-state index in [0.29, 0.717) is 29.6 Å². The van der Waals surface area contributed by atoms with Crippen LogP contribution in [0.5, 0.6) is 0 Å². The van der Waals surface area contributed by atoms with Crippen molar-refractivity contribution in [2.45, 2.75) is 44.7 Å². The summed E-state index contributed by atoms with van der Waals surface area (Å²) >= 11 is 0. The van der Waals surface area contributed by atoms with Crippen molar-refractivity contribution in [3.8, 4) is 11.4 Å². The van der Waals surface area contributed by atoms with E-state index in [1.807, 2.05) is 12.3 Å². The quantitative estimate of drug-likeness (QED) is 0.444. The number of fused-ring (bicyclic) bond motifs is 1. The van der Waals surface area contributed by atoms with Crippen LogP contribution in [0.1, 0.15) is 37.8 Å². The van der Waals surface area contributed by atoms with E-state index in [0.717, 1.165) is 24.7 Å². The summed E-state index contributed by atoms with van der Waals surface area (Å²) in [5.74, 6) is 0.891. The van der Waals surface area contributed by atoms with E-state index in [1.54, 1.807) is 29.2 Å². The van der Waals surface area contributed by atoms with Gasteiger partial charge in [0.25, 0.3) is 5.56 Å². The molecule has 0 unspecified atom stereocenters. The van der Waals surface area contributed by atoms with E-state index in [4.69, 9.17) is 0 Å². The van der Waals surface area contributed by atoms with Crippen LogP contribution in [0, 0.1) is 5.92 Å². The van der Waals surface area contributed by atoms with Gasteiger partial charge in [0.1, 0.15) is 17.0 Å². The number of nitrogens with zero attached hydrogens (tertiary/aromatic N) is 7. The molecule has 1 saturated carbocycles. The Hall–Kier alpha value is -3.59. The Morgan fingerprint density at radius 3 is 2.83 bits per heavy atom. The third kappa shape index (κ3) is 4.81. The highest BCUT2D eigenvalue weighted by atomic mass is 16.1. The lowest BCUT2D eigenvalue weighted by Gasteiger charge is -2.36. The average Bonchev–Trinajstić information content (AvgIpc) is 3.32. The Morgan fingerprint density at radius 2 is 2.00 bits per heavy atom. The highest BCUT2D eigenvalue weighted by Gasteiger charge is 2.23. The summed E-state index contributed by atoms with van der Waals surface area (Å²) in [5.41, 5.74) is 3.60. The molecule has 4 aromatic rings. The minimum absolute atomic E-state index is 0.143. The van der Waals surface area contributed by atoms with Crippen molar-refractivity contribution >= 4 is 11.3 Å². The number of anilines is 1. The molecule has 5 heterocycles. The minimum atomic E-state index is -0.143. The maximum Gasteiger partial charge on any atom is 0.258 e. The van der Waals surface area contributed by atoms with Crippen molar-refractivity contribution in [1.29, 1.82) is 0 Å². The molecule has 6 rings (SSSR count). The number of piperidine rings is 1. The van der Waals surface area contributed by atoms with Crippen molar-refractivity contribution in [3.63, 3.8) is 0 Å². The SMILES string of the molecule is O=c1cc(-c2cn(Cc3ccc(N4CCC[C@@H](NCC5CCC5)C4)cn3)nn2)nc2ccccn12. The molecule has 2 aliphatic rings. The molecule has 1 aliphatic heterocycles. The number of hydrogen-bond donors (Lipinski definition) is 1. The Bertz CT molecular complexity index is 1360. The first-order valence-corrected chi connectivity index (χ1v) is 12.5. The first kappa shape index (κ1) is 21.9. The van der Waals surface area contributed by atoms with Gasteiger partial charge >= 0.3 is 0 Å². The predicted octanol–water partition coefficient (Wildman–Crippen LogP) is 2.75. The second-order valence-electron chi connectivity index (χ2n) is 9.71. The molecule has 1 saturated heterocycles. The molecule has 4 aromatic heterocycles. The maximum atomic E-state index is 12.4. The zero-order valence-corrected chi connectivity index (χ0v) is 19.8. The molecule has 1 atom stereocenters. The molecular formula is C26H30N8O. The molecule has 35 heavy (non-hydrogen) atoms. The second kappa shape index (κ2) is 9.58. The first-order chi connectivity index (χ1) is 17.2. The van der Waals surface area contributed by atoms with Gasteiger partial charge in [0.15, 0.2) is 0 Å². The monoisotopic (exact) mass is 470 g/mol. The van der Waals surface area contributed by atoms with Crippen LogP contribution in [0.2, 0.25) is 0 Å². The highest BCUT2D eigenvalue weighted by molar-refractivity contribution is 5.56. The van der Waals surface area contributed by atoms with Crippen molar-refractivity contribution < 1.29 is 0 Å². The Kier molecular flexibility index (Phi) is 5.99. The molecule has 0 spiro atoms. The zero-order valence-electron chi connectivity index (χ0n) is 19.8. The number of pyridine rings is 2. The predicted molar refractivity (Wildman–Crippen MR) is 134 cm³/mol. The molecule has 2 fully saturated rings. The van der Waals surface area contributed by atoms with Gasteiger partial charge in [-0.25, -0.2) is 9.67 Å². The van der Waals surface area contributed by atoms with Crippen molar-refractivity contribution in [2.24, 2.45) is 5.92 Å². The Morgan fingerprint density at radius 1 is 1.06 bits per heavy atom. The summed E-state index contributed by atoms with van der Waals surface area (Å²) in [6, 6.07) is 11.7. The third-order valence-electron chi connectivity index (χ3n) is 7.21. The number of rotatable bonds is 7.